The molecule has 1 aromatic rings. The number of fused-ring (bicyclic) bond motifs is 3. The van der Waals surface area contributed by atoms with E-state index < -0.39 is 5.97 Å². The number of hydrogen-bond donors (Lipinski definition) is 1. The maximum atomic E-state index is 12.9. The fraction of sp³-hybridized carbons (Fsp3) is 0.529. The maximum Gasteiger partial charge on any atom is 0.317 e. The van der Waals surface area contributed by atoms with Crippen molar-refractivity contribution in [3.05, 3.63) is 28.8 Å². The summed E-state index contributed by atoms with van der Waals surface area (Å²) in [6, 6.07) is 4.85. The number of nitrogens with zero attached hydrogens (tertiary/aromatic N) is 2. The third-order valence-corrected chi connectivity index (χ3v) is 4.90. The predicted octanol–water partition coefficient (Wildman–Crippen LogP) is 1.21. The van der Waals surface area contributed by atoms with Gasteiger partial charge in [0.2, 0.25) is 0 Å². The molecule has 0 saturated carbocycles. The van der Waals surface area contributed by atoms with Gasteiger partial charge in [0, 0.05) is 31.1 Å². The molecule has 0 spiro atoms. The molecule has 0 radical (unpaired) electrons. The Morgan fingerprint density at radius 1 is 1.32 bits per heavy atom. The van der Waals surface area contributed by atoms with Crippen molar-refractivity contribution >= 4 is 23.5 Å². The summed E-state index contributed by atoms with van der Waals surface area (Å²) >= 11 is 6.13. The van der Waals surface area contributed by atoms with Crippen molar-refractivity contribution in [3.63, 3.8) is 0 Å². The molecule has 1 amide bonds. The highest BCUT2D eigenvalue weighted by molar-refractivity contribution is 6.32. The van der Waals surface area contributed by atoms with Gasteiger partial charge in [-0.15, -0.1) is 0 Å². The number of aliphatic carboxylic acids is 1. The van der Waals surface area contributed by atoms with Crippen molar-refractivity contribution in [2.75, 3.05) is 46.5 Å². The van der Waals surface area contributed by atoms with E-state index in [9.17, 15) is 9.59 Å². The molecule has 2 heterocycles. The van der Waals surface area contributed by atoms with E-state index in [-0.39, 0.29) is 24.4 Å². The summed E-state index contributed by atoms with van der Waals surface area (Å²) in [4.78, 5) is 27.7. The highest BCUT2D eigenvalue weighted by Gasteiger charge is 2.36. The summed E-state index contributed by atoms with van der Waals surface area (Å²) < 4.78 is 10.8. The van der Waals surface area contributed by atoms with Crippen LogP contribution >= 0.6 is 11.6 Å². The third kappa shape index (κ3) is 4.05. The molecule has 0 aliphatic carbocycles. The lowest BCUT2D eigenvalue weighted by molar-refractivity contribution is -0.139. The largest absolute Gasteiger partial charge is 0.495 e. The Kier molecular flexibility index (Phi) is 5.46. The quantitative estimate of drug-likeness (QED) is 0.860. The smallest absolute Gasteiger partial charge is 0.317 e. The fourth-order valence-corrected chi connectivity index (χ4v) is 3.70. The minimum absolute atomic E-state index is 0.0408. The highest BCUT2D eigenvalue weighted by Crippen LogP contribution is 2.27. The summed E-state index contributed by atoms with van der Waals surface area (Å²) in [7, 11) is 1.52. The van der Waals surface area contributed by atoms with Crippen molar-refractivity contribution in [1.29, 1.82) is 0 Å². The van der Waals surface area contributed by atoms with E-state index in [0.29, 0.717) is 49.2 Å². The van der Waals surface area contributed by atoms with Crippen LogP contribution in [0.1, 0.15) is 10.4 Å². The number of amides is 1. The van der Waals surface area contributed by atoms with E-state index >= 15 is 0 Å². The van der Waals surface area contributed by atoms with Crippen molar-refractivity contribution in [3.8, 4) is 5.75 Å². The van der Waals surface area contributed by atoms with Crippen LogP contribution in [0.25, 0.3) is 0 Å². The molecule has 2 atom stereocenters. The molecule has 3 rings (SSSR count). The van der Waals surface area contributed by atoms with Gasteiger partial charge in [0.15, 0.2) is 0 Å². The second kappa shape index (κ2) is 7.59. The van der Waals surface area contributed by atoms with Gasteiger partial charge in [0.25, 0.3) is 5.91 Å². The van der Waals surface area contributed by atoms with Gasteiger partial charge < -0.3 is 19.5 Å². The first-order valence-electron chi connectivity index (χ1n) is 8.14. The molecule has 2 bridgehead atoms. The number of carbonyl (C=O) groups excluding carboxylic acids is 1. The van der Waals surface area contributed by atoms with E-state index in [1.165, 1.54) is 7.11 Å². The Labute approximate surface area is 151 Å². The van der Waals surface area contributed by atoms with Crippen LogP contribution in [-0.2, 0) is 9.53 Å². The van der Waals surface area contributed by atoms with Crippen molar-refractivity contribution in [2.45, 2.75) is 6.04 Å². The number of carboxylic acids is 1. The zero-order chi connectivity index (χ0) is 18.0. The van der Waals surface area contributed by atoms with Gasteiger partial charge in [-0.3, -0.25) is 14.5 Å². The molecule has 2 fully saturated rings. The molecule has 2 aliphatic rings. The molecule has 2 saturated heterocycles. The number of benzene rings is 1. The van der Waals surface area contributed by atoms with Crippen LogP contribution in [0.5, 0.6) is 5.75 Å². The zero-order valence-electron chi connectivity index (χ0n) is 14.0. The van der Waals surface area contributed by atoms with E-state index in [4.69, 9.17) is 26.2 Å². The van der Waals surface area contributed by atoms with E-state index in [2.05, 4.69) is 0 Å². The van der Waals surface area contributed by atoms with Crippen LogP contribution in [-0.4, -0.2) is 79.3 Å². The van der Waals surface area contributed by atoms with E-state index in [1.54, 1.807) is 23.1 Å². The third-order valence-electron chi connectivity index (χ3n) is 4.61. The monoisotopic (exact) mass is 368 g/mol. The highest BCUT2D eigenvalue weighted by atomic mass is 35.5. The van der Waals surface area contributed by atoms with Gasteiger partial charge in [-0.1, -0.05) is 11.6 Å². The predicted molar refractivity (Wildman–Crippen MR) is 91.2 cm³/mol. The van der Waals surface area contributed by atoms with Crippen LogP contribution in [0.15, 0.2) is 18.2 Å². The second-order valence-electron chi connectivity index (χ2n) is 6.44. The lowest BCUT2D eigenvalue weighted by atomic mass is 10.1. The Bertz CT molecular complexity index is 668. The van der Waals surface area contributed by atoms with E-state index in [1.807, 2.05) is 4.90 Å². The van der Waals surface area contributed by atoms with Crippen LogP contribution in [0.4, 0.5) is 0 Å². The number of carbonyl (C=O) groups is 2. The van der Waals surface area contributed by atoms with Gasteiger partial charge in [0.1, 0.15) is 5.75 Å². The number of rotatable bonds is 4. The molecule has 8 heteroatoms. The Morgan fingerprint density at radius 3 is 2.80 bits per heavy atom. The molecule has 7 nitrogen and oxygen atoms in total. The van der Waals surface area contributed by atoms with Gasteiger partial charge in [-0.05, 0) is 18.2 Å². The Hall–Kier alpha value is -1.83. The number of methoxy groups -OCH3 is 1. The summed E-state index contributed by atoms with van der Waals surface area (Å²) in [5, 5.41) is 9.51. The van der Waals surface area contributed by atoms with Gasteiger partial charge in [-0.25, -0.2) is 0 Å². The van der Waals surface area contributed by atoms with Crippen LogP contribution in [0.3, 0.4) is 0 Å². The average molecular weight is 369 g/mol. The normalized spacial score (nSPS) is 23.8. The summed E-state index contributed by atoms with van der Waals surface area (Å²) in [6.45, 7) is 2.50. The lowest BCUT2D eigenvalue weighted by Gasteiger charge is -2.30. The SMILES string of the molecule is COc1ccc(C(=O)N2C[C@@H]3COC[C@H](C2)N(CC(=O)O)C3)cc1Cl. The van der Waals surface area contributed by atoms with Gasteiger partial charge in [0.05, 0.1) is 37.9 Å². The molecule has 1 aromatic carbocycles. The van der Waals surface area contributed by atoms with Crippen molar-refractivity contribution in [2.24, 2.45) is 5.92 Å². The standard InChI is InChI=1S/C17H21ClN2O5/c1-24-15-3-2-12(4-14(15)18)17(23)20-6-11-5-19(8-16(21)22)13(7-20)10-25-9-11/h2-4,11,13H,5-10H2,1H3,(H,21,22)/t11-,13+/m1/s1. The Morgan fingerprint density at radius 2 is 2.12 bits per heavy atom. The van der Waals surface area contributed by atoms with Crippen LogP contribution < -0.4 is 4.74 Å². The average Bonchev–Trinajstić information content (AvgIpc) is 2.83. The second-order valence-corrected chi connectivity index (χ2v) is 6.85. The lowest BCUT2D eigenvalue weighted by Crippen LogP contribution is -2.47. The van der Waals surface area contributed by atoms with Gasteiger partial charge >= 0.3 is 5.97 Å². The first-order chi connectivity index (χ1) is 12.0. The molecule has 1 N–H and O–H groups in total. The summed E-state index contributed by atoms with van der Waals surface area (Å²) in [6.07, 6.45) is 0. The molecular formula is C17H21ClN2O5. The summed E-state index contributed by atoms with van der Waals surface area (Å²) in [5.41, 5.74) is 0.497. The first kappa shape index (κ1) is 18.0. The van der Waals surface area contributed by atoms with Crippen LogP contribution in [0.2, 0.25) is 5.02 Å². The number of ether oxygens (including phenoxy) is 2. The molecule has 0 unspecified atom stereocenters. The maximum absolute atomic E-state index is 12.9. The van der Waals surface area contributed by atoms with Crippen LogP contribution in [0, 0.1) is 5.92 Å². The summed E-state index contributed by atoms with van der Waals surface area (Å²) in [5.74, 6) is -0.373. The van der Waals surface area contributed by atoms with Gasteiger partial charge in [-0.2, -0.15) is 0 Å². The minimum atomic E-state index is -0.868. The van der Waals surface area contributed by atoms with E-state index in [0.717, 1.165) is 0 Å². The topological polar surface area (TPSA) is 79.3 Å². The zero-order valence-corrected chi connectivity index (χ0v) is 14.7. The van der Waals surface area contributed by atoms with Crippen molar-refractivity contribution < 1.29 is 24.2 Å². The number of carboxylic acid groups (broad SMARTS) is 1. The first-order valence-corrected chi connectivity index (χ1v) is 8.52. The number of halogens is 1. The number of hydrogen-bond acceptors (Lipinski definition) is 5. The molecule has 136 valence electrons. The fourth-order valence-electron chi connectivity index (χ4n) is 3.44. The minimum Gasteiger partial charge on any atom is -0.495 e. The molecule has 0 aromatic heterocycles. The molecule has 2 aliphatic heterocycles. The van der Waals surface area contributed by atoms with Crippen molar-refractivity contribution in [1.82, 2.24) is 9.80 Å². The Balaban J connectivity index is 1.79. The molecular weight excluding hydrogens is 348 g/mol. The molecule has 25 heavy (non-hydrogen) atoms.